The van der Waals surface area contributed by atoms with Crippen LogP contribution in [0, 0.1) is 0 Å². The molecule has 0 aliphatic carbocycles. The van der Waals surface area contributed by atoms with Gasteiger partial charge >= 0.3 is 0 Å². The van der Waals surface area contributed by atoms with Crippen molar-refractivity contribution in [3.63, 3.8) is 0 Å². The van der Waals surface area contributed by atoms with E-state index in [9.17, 15) is 4.79 Å². The van der Waals surface area contributed by atoms with Crippen LogP contribution in [0.5, 0.6) is 5.75 Å². The van der Waals surface area contributed by atoms with E-state index in [0.29, 0.717) is 19.7 Å². The van der Waals surface area contributed by atoms with E-state index in [-0.39, 0.29) is 5.91 Å². The van der Waals surface area contributed by atoms with Gasteiger partial charge in [0.05, 0.1) is 13.2 Å². The van der Waals surface area contributed by atoms with Gasteiger partial charge in [-0.15, -0.1) is 0 Å². The second-order valence-electron chi connectivity index (χ2n) is 4.20. The molecule has 0 aromatic heterocycles. The Kier molecular flexibility index (Phi) is 6.22. The van der Waals surface area contributed by atoms with Gasteiger partial charge in [-0.1, -0.05) is 12.1 Å². The van der Waals surface area contributed by atoms with Crippen molar-refractivity contribution in [1.29, 1.82) is 0 Å². The Hall–Kier alpha value is -1.55. The maximum atomic E-state index is 11.4. The summed E-state index contributed by atoms with van der Waals surface area (Å²) in [7, 11) is 1.94. The minimum absolute atomic E-state index is 0.0611. The number of likely N-dealkylation sites (N-methyl/N-ethyl adjacent to an activating group) is 2. The molecule has 0 fully saturated rings. The van der Waals surface area contributed by atoms with Crippen LogP contribution in [0.3, 0.4) is 0 Å². The molecule has 1 aromatic rings. The lowest BCUT2D eigenvalue weighted by atomic mass is 10.2. The van der Waals surface area contributed by atoms with Crippen molar-refractivity contribution in [3.8, 4) is 5.75 Å². The largest absolute Gasteiger partial charge is 0.494 e. The van der Waals surface area contributed by atoms with Crippen LogP contribution < -0.4 is 10.1 Å². The summed E-state index contributed by atoms with van der Waals surface area (Å²) in [5.74, 6) is 0.943. The predicted molar refractivity (Wildman–Crippen MR) is 72.6 cm³/mol. The van der Waals surface area contributed by atoms with Gasteiger partial charge in [0.15, 0.2) is 0 Å². The maximum absolute atomic E-state index is 11.4. The number of benzene rings is 1. The average molecular weight is 250 g/mol. The van der Waals surface area contributed by atoms with Crippen molar-refractivity contribution in [2.24, 2.45) is 0 Å². The number of carbonyl (C=O) groups excluding carboxylic acids is 1. The summed E-state index contributed by atoms with van der Waals surface area (Å²) in [5.41, 5.74) is 1.17. The normalized spacial score (nSPS) is 10.4. The number of rotatable bonds is 7. The SMILES string of the molecule is CCNC(=O)CN(C)Cc1ccc(OCC)cc1. The first kappa shape index (κ1) is 14.5. The number of hydrogen-bond acceptors (Lipinski definition) is 3. The van der Waals surface area contributed by atoms with Crippen molar-refractivity contribution in [1.82, 2.24) is 10.2 Å². The number of nitrogens with one attached hydrogen (secondary N) is 1. The first-order valence-corrected chi connectivity index (χ1v) is 6.32. The maximum Gasteiger partial charge on any atom is 0.234 e. The van der Waals surface area contributed by atoms with E-state index in [0.717, 1.165) is 12.3 Å². The number of nitrogens with zero attached hydrogens (tertiary/aromatic N) is 1. The van der Waals surface area contributed by atoms with Crippen LogP contribution in [-0.2, 0) is 11.3 Å². The molecule has 0 saturated carbocycles. The summed E-state index contributed by atoms with van der Waals surface area (Å²) in [6.45, 7) is 6.41. The standard InChI is InChI=1S/C14H22N2O2/c1-4-15-14(17)11-16(3)10-12-6-8-13(9-7-12)18-5-2/h6-9H,4-5,10-11H2,1-3H3,(H,15,17). The molecule has 4 nitrogen and oxygen atoms in total. The molecule has 0 unspecified atom stereocenters. The Morgan fingerprint density at radius 3 is 2.50 bits per heavy atom. The first-order valence-electron chi connectivity index (χ1n) is 6.32. The molecule has 4 heteroatoms. The summed E-state index contributed by atoms with van der Waals surface area (Å²) in [6, 6.07) is 7.97. The third-order valence-corrected chi connectivity index (χ3v) is 2.47. The number of carbonyl (C=O) groups is 1. The molecule has 18 heavy (non-hydrogen) atoms. The van der Waals surface area contributed by atoms with Crippen LogP contribution in [0.1, 0.15) is 19.4 Å². The first-order chi connectivity index (χ1) is 8.65. The van der Waals surface area contributed by atoms with Gasteiger partial charge in [0.25, 0.3) is 0 Å². The molecule has 1 N–H and O–H groups in total. The summed E-state index contributed by atoms with van der Waals surface area (Å²) in [4.78, 5) is 13.4. The monoisotopic (exact) mass is 250 g/mol. The zero-order valence-electron chi connectivity index (χ0n) is 11.4. The van der Waals surface area contributed by atoms with Crippen LogP contribution in [0.4, 0.5) is 0 Å². The van der Waals surface area contributed by atoms with E-state index >= 15 is 0 Å². The van der Waals surface area contributed by atoms with Gasteiger partial charge < -0.3 is 10.1 Å². The van der Waals surface area contributed by atoms with Crippen LogP contribution in [0.2, 0.25) is 0 Å². The smallest absolute Gasteiger partial charge is 0.234 e. The topological polar surface area (TPSA) is 41.6 Å². The second-order valence-corrected chi connectivity index (χ2v) is 4.20. The zero-order valence-corrected chi connectivity index (χ0v) is 11.4. The van der Waals surface area contributed by atoms with Gasteiger partial charge in [-0.2, -0.15) is 0 Å². The molecule has 1 aromatic carbocycles. The lowest BCUT2D eigenvalue weighted by Crippen LogP contribution is -2.34. The fourth-order valence-corrected chi connectivity index (χ4v) is 1.72. The third-order valence-electron chi connectivity index (χ3n) is 2.47. The second kappa shape index (κ2) is 7.71. The minimum atomic E-state index is 0.0611. The Morgan fingerprint density at radius 1 is 1.28 bits per heavy atom. The Bertz CT molecular complexity index is 363. The van der Waals surface area contributed by atoms with E-state index < -0.39 is 0 Å². The van der Waals surface area contributed by atoms with Gasteiger partial charge in [-0.3, -0.25) is 9.69 Å². The van der Waals surface area contributed by atoms with E-state index in [1.54, 1.807) is 0 Å². The van der Waals surface area contributed by atoms with Crippen molar-refractivity contribution in [2.75, 3.05) is 26.7 Å². The molecular weight excluding hydrogens is 228 g/mol. The highest BCUT2D eigenvalue weighted by Gasteiger charge is 2.06. The molecule has 0 radical (unpaired) electrons. The van der Waals surface area contributed by atoms with E-state index in [4.69, 9.17) is 4.74 Å². The molecule has 100 valence electrons. The quantitative estimate of drug-likeness (QED) is 0.800. The van der Waals surface area contributed by atoms with Gasteiger partial charge in [0.1, 0.15) is 5.75 Å². The van der Waals surface area contributed by atoms with Gasteiger partial charge in [-0.05, 0) is 38.6 Å². The average Bonchev–Trinajstić information content (AvgIpc) is 2.32. The molecule has 1 rings (SSSR count). The lowest BCUT2D eigenvalue weighted by Gasteiger charge is -2.16. The van der Waals surface area contributed by atoms with E-state index in [2.05, 4.69) is 5.32 Å². The molecule has 0 heterocycles. The summed E-state index contributed by atoms with van der Waals surface area (Å²) >= 11 is 0. The molecule has 0 aliphatic rings. The highest BCUT2D eigenvalue weighted by molar-refractivity contribution is 5.77. The van der Waals surface area contributed by atoms with Crippen molar-refractivity contribution < 1.29 is 9.53 Å². The van der Waals surface area contributed by atoms with Gasteiger partial charge in [0, 0.05) is 13.1 Å². The summed E-state index contributed by atoms with van der Waals surface area (Å²) < 4.78 is 5.38. The third kappa shape index (κ3) is 5.19. The molecule has 0 atom stereocenters. The van der Waals surface area contributed by atoms with Crippen molar-refractivity contribution in [3.05, 3.63) is 29.8 Å². The fourth-order valence-electron chi connectivity index (χ4n) is 1.72. The fraction of sp³-hybridized carbons (Fsp3) is 0.500. The Balaban J connectivity index is 2.43. The molecule has 0 spiro atoms. The number of amides is 1. The zero-order chi connectivity index (χ0) is 13.4. The van der Waals surface area contributed by atoms with Gasteiger partial charge in [-0.25, -0.2) is 0 Å². The molecular formula is C14H22N2O2. The Labute approximate surface area is 109 Å². The van der Waals surface area contributed by atoms with Crippen LogP contribution in [0.15, 0.2) is 24.3 Å². The summed E-state index contributed by atoms with van der Waals surface area (Å²) in [6.07, 6.45) is 0. The van der Waals surface area contributed by atoms with E-state index in [1.807, 2.05) is 50.1 Å². The lowest BCUT2D eigenvalue weighted by molar-refractivity contribution is -0.121. The van der Waals surface area contributed by atoms with Crippen LogP contribution in [0.25, 0.3) is 0 Å². The molecule has 0 bridgehead atoms. The summed E-state index contributed by atoms with van der Waals surface area (Å²) in [5, 5.41) is 2.79. The number of hydrogen-bond donors (Lipinski definition) is 1. The molecule has 0 saturated heterocycles. The van der Waals surface area contributed by atoms with Crippen LogP contribution >= 0.6 is 0 Å². The minimum Gasteiger partial charge on any atom is -0.494 e. The van der Waals surface area contributed by atoms with Gasteiger partial charge in [0.2, 0.25) is 5.91 Å². The predicted octanol–water partition coefficient (Wildman–Crippen LogP) is 1.65. The van der Waals surface area contributed by atoms with Crippen LogP contribution in [-0.4, -0.2) is 37.6 Å². The van der Waals surface area contributed by atoms with Crippen molar-refractivity contribution >= 4 is 5.91 Å². The van der Waals surface area contributed by atoms with Crippen molar-refractivity contribution in [2.45, 2.75) is 20.4 Å². The Morgan fingerprint density at radius 2 is 1.94 bits per heavy atom. The molecule has 1 amide bonds. The highest BCUT2D eigenvalue weighted by Crippen LogP contribution is 2.13. The number of ether oxygens (including phenoxy) is 1. The van der Waals surface area contributed by atoms with E-state index in [1.165, 1.54) is 5.56 Å². The molecule has 0 aliphatic heterocycles. The highest BCUT2D eigenvalue weighted by atomic mass is 16.5.